The minimum atomic E-state index is -0.110. The summed E-state index contributed by atoms with van der Waals surface area (Å²) in [5, 5.41) is 3.70. The van der Waals surface area contributed by atoms with Gasteiger partial charge in [0.25, 0.3) is 5.91 Å². The number of benzene rings is 2. The molecule has 0 spiro atoms. The second-order valence-electron chi connectivity index (χ2n) is 6.30. The van der Waals surface area contributed by atoms with Gasteiger partial charge in [0, 0.05) is 24.2 Å². The molecule has 0 aliphatic carbocycles. The summed E-state index contributed by atoms with van der Waals surface area (Å²) in [6.45, 7) is 0.492. The molecular formula is C19H21ClN4O. The van der Waals surface area contributed by atoms with E-state index < -0.39 is 0 Å². The number of halogens is 1. The van der Waals surface area contributed by atoms with E-state index in [1.54, 1.807) is 6.33 Å². The Morgan fingerprint density at radius 1 is 1.28 bits per heavy atom. The van der Waals surface area contributed by atoms with Crippen molar-refractivity contribution >= 4 is 28.5 Å². The summed E-state index contributed by atoms with van der Waals surface area (Å²) in [7, 11) is 5.90. The molecule has 5 nitrogen and oxygen atoms in total. The first-order valence-corrected chi connectivity index (χ1v) is 8.44. The maximum absolute atomic E-state index is 12.5. The molecular weight excluding hydrogens is 336 g/mol. The number of hydrogen-bond acceptors (Lipinski definition) is 3. The van der Waals surface area contributed by atoms with Crippen LogP contribution in [0.5, 0.6) is 0 Å². The molecule has 0 radical (unpaired) electrons. The Morgan fingerprint density at radius 2 is 2.08 bits per heavy atom. The fourth-order valence-corrected chi connectivity index (χ4v) is 3.08. The van der Waals surface area contributed by atoms with Crippen LogP contribution in [-0.4, -0.2) is 41.0 Å². The number of amides is 1. The zero-order valence-corrected chi connectivity index (χ0v) is 15.3. The molecule has 6 heteroatoms. The number of rotatable bonds is 5. The highest BCUT2D eigenvalue weighted by Gasteiger charge is 2.16. The van der Waals surface area contributed by atoms with E-state index in [-0.39, 0.29) is 11.9 Å². The Balaban J connectivity index is 1.74. The molecule has 25 heavy (non-hydrogen) atoms. The highest BCUT2D eigenvalue weighted by Crippen LogP contribution is 2.21. The van der Waals surface area contributed by atoms with Crippen molar-refractivity contribution in [1.82, 2.24) is 19.8 Å². The van der Waals surface area contributed by atoms with Crippen molar-refractivity contribution < 1.29 is 4.79 Å². The monoisotopic (exact) mass is 356 g/mol. The molecule has 0 saturated carbocycles. The fourth-order valence-electron chi connectivity index (χ4n) is 2.88. The number of carbonyl (C=O) groups excluding carboxylic acids is 1. The molecule has 0 aliphatic rings. The second kappa shape index (κ2) is 7.25. The number of nitrogens with one attached hydrogen (secondary N) is 1. The molecule has 1 aromatic heterocycles. The quantitative estimate of drug-likeness (QED) is 0.763. The number of aromatic nitrogens is 2. The number of hydrogen-bond donors (Lipinski definition) is 1. The zero-order valence-electron chi connectivity index (χ0n) is 14.5. The SMILES string of the molecule is CN(C)C(CNC(=O)c1ccc2c(c1)ncn2C)c1cccc(Cl)c1. The summed E-state index contributed by atoms with van der Waals surface area (Å²) >= 11 is 6.09. The van der Waals surface area contributed by atoms with Crippen LogP contribution in [0.25, 0.3) is 11.0 Å². The van der Waals surface area contributed by atoms with E-state index in [1.807, 2.05) is 68.2 Å². The van der Waals surface area contributed by atoms with Crippen LogP contribution in [0.2, 0.25) is 5.02 Å². The first-order chi connectivity index (χ1) is 12.0. The van der Waals surface area contributed by atoms with Gasteiger partial charge >= 0.3 is 0 Å². The van der Waals surface area contributed by atoms with Gasteiger partial charge in [0.15, 0.2) is 0 Å². The minimum absolute atomic E-state index is 0.0428. The lowest BCUT2D eigenvalue weighted by atomic mass is 10.1. The van der Waals surface area contributed by atoms with Crippen molar-refractivity contribution in [2.24, 2.45) is 7.05 Å². The second-order valence-corrected chi connectivity index (χ2v) is 6.74. The third kappa shape index (κ3) is 3.83. The first kappa shape index (κ1) is 17.5. The van der Waals surface area contributed by atoms with E-state index in [9.17, 15) is 4.79 Å². The van der Waals surface area contributed by atoms with Gasteiger partial charge < -0.3 is 14.8 Å². The number of likely N-dealkylation sites (N-methyl/N-ethyl adjacent to an activating group) is 1. The molecule has 0 saturated heterocycles. The Bertz CT molecular complexity index is 903. The maximum atomic E-state index is 12.5. The van der Waals surface area contributed by atoms with Crippen LogP contribution in [0.1, 0.15) is 22.0 Å². The minimum Gasteiger partial charge on any atom is -0.350 e. The molecule has 3 aromatic rings. The van der Waals surface area contributed by atoms with Crippen molar-refractivity contribution in [3.8, 4) is 0 Å². The van der Waals surface area contributed by atoms with Gasteiger partial charge in [-0.3, -0.25) is 4.79 Å². The highest BCUT2D eigenvalue weighted by atomic mass is 35.5. The van der Waals surface area contributed by atoms with E-state index in [0.29, 0.717) is 17.1 Å². The molecule has 0 aliphatic heterocycles. The average molecular weight is 357 g/mol. The third-order valence-electron chi connectivity index (χ3n) is 4.30. The number of aryl methyl sites for hydroxylation is 1. The molecule has 0 bridgehead atoms. The fraction of sp³-hybridized carbons (Fsp3) is 0.263. The van der Waals surface area contributed by atoms with Gasteiger partial charge in [-0.15, -0.1) is 0 Å². The van der Waals surface area contributed by atoms with Crippen molar-refractivity contribution in [3.05, 3.63) is 64.9 Å². The summed E-state index contributed by atoms with van der Waals surface area (Å²) in [5.74, 6) is -0.110. The third-order valence-corrected chi connectivity index (χ3v) is 4.54. The van der Waals surface area contributed by atoms with Crippen molar-refractivity contribution in [2.75, 3.05) is 20.6 Å². The van der Waals surface area contributed by atoms with Crippen LogP contribution in [-0.2, 0) is 7.05 Å². The Labute approximate surface area is 152 Å². The van der Waals surface area contributed by atoms with E-state index in [4.69, 9.17) is 11.6 Å². The van der Waals surface area contributed by atoms with E-state index in [2.05, 4.69) is 15.2 Å². The van der Waals surface area contributed by atoms with E-state index in [0.717, 1.165) is 16.6 Å². The Hall–Kier alpha value is -2.37. The standard InChI is InChI=1S/C19H21ClN4O/c1-23(2)18(13-5-4-6-15(20)9-13)11-21-19(25)14-7-8-17-16(10-14)22-12-24(17)3/h4-10,12,18H,11H2,1-3H3,(H,21,25). The molecule has 1 N–H and O–H groups in total. The highest BCUT2D eigenvalue weighted by molar-refractivity contribution is 6.30. The molecule has 3 rings (SSSR count). The molecule has 1 unspecified atom stereocenters. The smallest absolute Gasteiger partial charge is 0.251 e. The topological polar surface area (TPSA) is 50.2 Å². The Kier molecular flexibility index (Phi) is 5.06. The van der Waals surface area contributed by atoms with Gasteiger partial charge in [-0.1, -0.05) is 23.7 Å². The number of imidazole rings is 1. The molecule has 0 fully saturated rings. The van der Waals surface area contributed by atoms with Crippen molar-refractivity contribution in [1.29, 1.82) is 0 Å². The molecule has 130 valence electrons. The predicted octanol–water partition coefficient (Wildman–Crippen LogP) is 3.26. The first-order valence-electron chi connectivity index (χ1n) is 8.07. The van der Waals surface area contributed by atoms with Crippen molar-refractivity contribution in [2.45, 2.75) is 6.04 Å². The lowest BCUT2D eigenvalue weighted by molar-refractivity contribution is 0.0942. The van der Waals surface area contributed by atoms with Gasteiger partial charge in [-0.2, -0.15) is 0 Å². The zero-order chi connectivity index (χ0) is 18.0. The number of fused-ring (bicyclic) bond motifs is 1. The van der Waals surface area contributed by atoms with Crippen molar-refractivity contribution in [3.63, 3.8) is 0 Å². The lowest BCUT2D eigenvalue weighted by Gasteiger charge is -2.25. The summed E-state index contributed by atoms with van der Waals surface area (Å²) in [5.41, 5.74) is 3.49. The molecule has 1 amide bonds. The van der Waals surface area contributed by atoms with Crippen LogP contribution in [0.4, 0.5) is 0 Å². The van der Waals surface area contributed by atoms with Gasteiger partial charge in [0.1, 0.15) is 0 Å². The summed E-state index contributed by atoms with van der Waals surface area (Å²) in [4.78, 5) is 18.9. The van der Waals surface area contributed by atoms with Crippen LogP contribution in [0, 0.1) is 0 Å². The van der Waals surface area contributed by atoms with Crippen LogP contribution in [0.15, 0.2) is 48.8 Å². The van der Waals surface area contributed by atoms with Gasteiger partial charge in [-0.05, 0) is 50.0 Å². The van der Waals surface area contributed by atoms with Crippen LogP contribution < -0.4 is 5.32 Å². The molecule has 1 heterocycles. The van der Waals surface area contributed by atoms with Gasteiger partial charge in [-0.25, -0.2) is 4.98 Å². The largest absolute Gasteiger partial charge is 0.350 e. The van der Waals surface area contributed by atoms with Gasteiger partial charge in [0.05, 0.1) is 23.4 Å². The number of nitrogens with zero attached hydrogens (tertiary/aromatic N) is 3. The van der Waals surface area contributed by atoms with Gasteiger partial charge in [0.2, 0.25) is 0 Å². The Morgan fingerprint density at radius 3 is 2.80 bits per heavy atom. The summed E-state index contributed by atoms with van der Waals surface area (Å²) in [6, 6.07) is 13.3. The van der Waals surface area contributed by atoms with E-state index >= 15 is 0 Å². The average Bonchev–Trinajstić information content (AvgIpc) is 2.95. The lowest BCUT2D eigenvalue weighted by Crippen LogP contribution is -2.34. The number of carbonyl (C=O) groups is 1. The normalized spacial score (nSPS) is 12.5. The maximum Gasteiger partial charge on any atom is 0.251 e. The molecule has 2 aromatic carbocycles. The molecule has 1 atom stereocenters. The van der Waals surface area contributed by atoms with Crippen LogP contribution in [0.3, 0.4) is 0 Å². The van der Waals surface area contributed by atoms with Crippen LogP contribution >= 0.6 is 11.6 Å². The summed E-state index contributed by atoms with van der Waals surface area (Å²) < 4.78 is 1.93. The van der Waals surface area contributed by atoms with E-state index in [1.165, 1.54) is 0 Å². The predicted molar refractivity (Wildman–Crippen MR) is 101 cm³/mol. The summed E-state index contributed by atoms with van der Waals surface area (Å²) in [6.07, 6.45) is 1.74.